The minimum absolute atomic E-state index is 0.0891. The normalized spacial score (nSPS) is 17.2. The Morgan fingerprint density at radius 1 is 1.18 bits per heavy atom. The molecule has 1 aliphatic heterocycles. The highest BCUT2D eigenvalue weighted by atomic mass is 32.2. The lowest BCUT2D eigenvalue weighted by molar-refractivity contribution is -0.119. The zero-order valence-electron chi connectivity index (χ0n) is 16.2. The molecule has 4 rings (SSSR count). The lowest BCUT2D eigenvalue weighted by Crippen LogP contribution is -2.38. The standard InChI is InChI=1S/C22H26N4OS/c1-2-26-20-11-7-6-10-19(20)24-22(26)28-16-21(27)23-18-12-13-25(15-18)14-17-8-4-3-5-9-17/h3-11,18H,2,12-16H2,1H3,(H,23,27). The number of nitrogens with one attached hydrogen (secondary N) is 1. The summed E-state index contributed by atoms with van der Waals surface area (Å²) in [5.41, 5.74) is 3.43. The van der Waals surface area contributed by atoms with Gasteiger partial charge in [-0.3, -0.25) is 9.69 Å². The molecule has 146 valence electrons. The zero-order valence-corrected chi connectivity index (χ0v) is 17.0. The Kier molecular flexibility index (Phi) is 5.98. The maximum absolute atomic E-state index is 12.5. The summed E-state index contributed by atoms with van der Waals surface area (Å²) in [5, 5.41) is 4.11. The topological polar surface area (TPSA) is 50.2 Å². The molecule has 2 aromatic carbocycles. The van der Waals surface area contributed by atoms with Crippen LogP contribution in [0.15, 0.2) is 59.8 Å². The van der Waals surface area contributed by atoms with Crippen molar-refractivity contribution >= 4 is 28.7 Å². The van der Waals surface area contributed by atoms with Crippen molar-refractivity contribution in [2.24, 2.45) is 0 Å². The molecule has 1 aromatic heterocycles. The number of hydrogen-bond acceptors (Lipinski definition) is 4. The van der Waals surface area contributed by atoms with Crippen LogP contribution in [0, 0.1) is 0 Å². The Labute approximate surface area is 170 Å². The maximum Gasteiger partial charge on any atom is 0.230 e. The van der Waals surface area contributed by atoms with Gasteiger partial charge in [0, 0.05) is 32.2 Å². The van der Waals surface area contributed by atoms with Gasteiger partial charge in [-0.1, -0.05) is 54.2 Å². The third kappa shape index (κ3) is 4.39. The molecule has 0 saturated carbocycles. The van der Waals surface area contributed by atoms with E-state index in [0.717, 1.165) is 48.8 Å². The van der Waals surface area contributed by atoms with E-state index in [9.17, 15) is 4.79 Å². The Hall–Kier alpha value is -2.31. The molecule has 2 heterocycles. The van der Waals surface area contributed by atoms with Crippen LogP contribution in [-0.4, -0.2) is 45.2 Å². The molecule has 0 bridgehead atoms. The van der Waals surface area contributed by atoms with E-state index in [4.69, 9.17) is 0 Å². The van der Waals surface area contributed by atoms with Gasteiger partial charge in [0.25, 0.3) is 0 Å². The Morgan fingerprint density at radius 2 is 1.96 bits per heavy atom. The number of imidazole rings is 1. The quantitative estimate of drug-likeness (QED) is 0.623. The summed E-state index contributed by atoms with van der Waals surface area (Å²) in [6.45, 7) is 5.85. The van der Waals surface area contributed by atoms with Crippen molar-refractivity contribution in [3.8, 4) is 0 Å². The minimum Gasteiger partial charge on any atom is -0.351 e. The molecule has 1 unspecified atom stereocenters. The number of para-hydroxylation sites is 2. The second-order valence-electron chi connectivity index (χ2n) is 7.19. The second kappa shape index (κ2) is 8.80. The fourth-order valence-corrected chi connectivity index (χ4v) is 4.69. The molecule has 0 aliphatic carbocycles. The van der Waals surface area contributed by atoms with E-state index in [1.165, 1.54) is 17.3 Å². The average Bonchev–Trinajstić information content (AvgIpc) is 3.30. The van der Waals surface area contributed by atoms with Crippen molar-refractivity contribution in [1.82, 2.24) is 19.8 Å². The van der Waals surface area contributed by atoms with Crippen molar-refractivity contribution in [1.29, 1.82) is 0 Å². The molecule has 1 atom stereocenters. The smallest absolute Gasteiger partial charge is 0.230 e. The van der Waals surface area contributed by atoms with E-state index in [2.05, 4.69) is 57.0 Å². The molecule has 1 N–H and O–H groups in total. The molecule has 1 amide bonds. The van der Waals surface area contributed by atoms with E-state index >= 15 is 0 Å². The molecule has 5 nitrogen and oxygen atoms in total. The molecule has 0 spiro atoms. The van der Waals surface area contributed by atoms with Crippen LogP contribution in [0.2, 0.25) is 0 Å². The number of amides is 1. The summed E-state index contributed by atoms with van der Waals surface area (Å²) in [4.78, 5) is 19.6. The van der Waals surface area contributed by atoms with Crippen LogP contribution in [-0.2, 0) is 17.9 Å². The Morgan fingerprint density at radius 3 is 2.79 bits per heavy atom. The third-order valence-corrected chi connectivity index (χ3v) is 6.13. The number of carbonyl (C=O) groups is 1. The van der Waals surface area contributed by atoms with Gasteiger partial charge in [-0.2, -0.15) is 0 Å². The lowest BCUT2D eigenvalue weighted by Gasteiger charge is -2.16. The molecule has 28 heavy (non-hydrogen) atoms. The number of carbonyl (C=O) groups excluding carboxylic acids is 1. The van der Waals surface area contributed by atoms with Crippen molar-refractivity contribution in [3.05, 3.63) is 60.2 Å². The van der Waals surface area contributed by atoms with Crippen molar-refractivity contribution < 1.29 is 4.79 Å². The molecule has 3 aromatic rings. The number of aryl methyl sites for hydroxylation is 1. The largest absolute Gasteiger partial charge is 0.351 e. The van der Waals surface area contributed by atoms with E-state index < -0.39 is 0 Å². The number of rotatable bonds is 7. The number of aromatic nitrogens is 2. The van der Waals surface area contributed by atoms with Crippen LogP contribution in [0.4, 0.5) is 0 Å². The fraction of sp³-hybridized carbons (Fsp3) is 0.364. The number of nitrogens with zero attached hydrogens (tertiary/aromatic N) is 3. The van der Waals surface area contributed by atoms with Crippen LogP contribution in [0.25, 0.3) is 11.0 Å². The Bertz CT molecular complexity index is 940. The second-order valence-corrected chi connectivity index (χ2v) is 8.13. The van der Waals surface area contributed by atoms with Crippen LogP contribution in [0.1, 0.15) is 18.9 Å². The van der Waals surface area contributed by atoms with Crippen LogP contribution >= 0.6 is 11.8 Å². The number of hydrogen-bond donors (Lipinski definition) is 1. The molecular weight excluding hydrogens is 368 g/mol. The average molecular weight is 395 g/mol. The van der Waals surface area contributed by atoms with E-state index in [0.29, 0.717) is 5.75 Å². The van der Waals surface area contributed by atoms with Gasteiger partial charge >= 0.3 is 0 Å². The summed E-state index contributed by atoms with van der Waals surface area (Å²) in [6.07, 6.45) is 1.01. The first-order valence-corrected chi connectivity index (χ1v) is 10.8. The molecule has 1 saturated heterocycles. The van der Waals surface area contributed by atoms with Gasteiger partial charge in [0.05, 0.1) is 16.8 Å². The van der Waals surface area contributed by atoms with Crippen molar-refractivity contribution in [2.45, 2.75) is 37.6 Å². The lowest BCUT2D eigenvalue weighted by atomic mass is 10.2. The monoisotopic (exact) mass is 394 g/mol. The van der Waals surface area contributed by atoms with Crippen LogP contribution < -0.4 is 5.32 Å². The summed E-state index contributed by atoms with van der Waals surface area (Å²) in [6, 6.07) is 18.9. The van der Waals surface area contributed by atoms with Gasteiger partial charge in [-0.05, 0) is 31.0 Å². The number of thioether (sulfide) groups is 1. The molecule has 1 aliphatic rings. The first-order valence-electron chi connectivity index (χ1n) is 9.86. The number of benzene rings is 2. The summed E-state index contributed by atoms with van der Waals surface area (Å²) < 4.78 is 2.17. The van der Waals surface area contributed by atoms with E-state index in [1.54, 1.807) is 0 Å². The van der Waals surface area contributed by atoms with E-state index in [1.807, 2.05) is 24.3 Å². The summed E-state index contributed by atoms with van der Waals surface area (Å²) >= 11 is 1.52. The van der Waals surface area contributed by atoms with Crippen LogP contribution in [0.5, 0.6) is 0 Å². The minimum atomic E-state index is 0.0891. The zero-order chi connectivity index (χ0) is 19.3. The Balaban J connectivity index is 1.28. The highest BCUT2D eigenvalue weighted by Gasteiger charge is 2.24. The third-order valence-electron chi connectivity index (χ3n) is 5.15. The predicted molar refractivity (Wildman–Crippen MR) is 114 cm³/mol. The molecule has 0 radical (unpaired) electrons. The first-order chi connectivity index (χ1) is 13.7. The number of likely N-dealkylation sites (tertiary alicyclic amines) is 1. The van der Waals surface area contributed by atoms with Gasteiger partial charge in [-0.25, -0.2) is 4.98 Å². The highest BCUT2D eigenvalue weighted by Crippen LogP contribution is 2.24. The highest BCUT2D eigenvalue weighted by molar-refractivity contribution is 7.99. The fourth-order valence-electron chi connectivity index (χ4n) is 3.80. The van der Waals surface area contributed by atoms with Gasteiger partial charge in [0.15, 0.2) is 5.16 Å². The first kappa shape index (κ1) is 19.0. The van der Waals surface area contributed by atoms with Gasteiger partial charge in [0.2, 0.25) is 5.91 Å². The maximum atomic E-state index is 12.5. The van der Waals surface area contributed by atoms with Gasteiger partial charge in [-0.15, -0.1) is 0 Å². The number of fused-ring (bicyclic) bond motifs is 1. The summed E-state index contributed by atoms with van der Waals surface area (Å²) in [7, 11) is 0. The van der Waals surface area contributed by atoms with Gasteiger partial charge in [0.1, 0.15) is 0 Å². The van der Waals surface area contributed by atoms with E-state index in [-0.39, 0.29) is 11.9 Å². The molecule has 1 fully saturated rings. The van der Waals surface area contributed by atoms with Crippen molar-refractivity contribution in [3.63, 3.8) is 0 Å². The molecular formula is C22H26N4OS. The SMILES string of the molecule is CCn1c(SCC(=O)NC2CCN(Cc3ccccc3)C2)nc2ccccc21. The predicted octanol–water partition coefficient (Wildman–Crippen LogP) is 3.54. The van der Waals surface area contributed by atoms with Crippen molar-refractivity contribution in [2.75, 3.05) is 18.8 Å². The van der Waals surface area contributed by atoms with Crippen LogP contribution in [0.3, 0.4) is 0 Å². The summed E-state index contributed by atoms with van der Waals surface area (Å²) in [5.74, 6) is 0.490. The molecule has 6 heteroatoms. The van der Waals surface area contributed by atoms with Gasteiger partial charge < -0.3 is 9.88 Å².